The minimum Gasteiger partial charge on any atom is -0.395 e. The molecule has 0 aromatic heterocycles. The molecular weight excluding hydrogens is 540 g/mol. The molecule has 3 rings (SSSR count). The maximum Gasteiger partial charge on any atom is 0.254 e. The van der Waals surface area contributed by atoms with Crippen LogP contribution in [0.15, 0.2) is 72.8 Å². The van der Waals surface area contributed by atoms with Gasteiger partial charge in [0.25, 0.3) is 11.8 Å². The normalized spacial score (nSPS) is 12.6. The zero-order valence-corrected chi connectivity index (χ0v) is 26.5. The smallest absolute Gasteiger partial charge is 0.254 e. The lowest BCUT2D eigenvalue weighted by molar-refractivity contribution is 0.0477. The van der Waals surface area contributed by atoms with Crippen molar-refractivity contribution >= 4 is 11.8 Å². The van der Waals surface area contributed by atoms with Crippen LogP contribution in [-0.4, -0.2) is 74.9 Å². The second kappa shape index (κ2) is 14.8. The van der Waals surface area contributed by atoms with Crippen LogP contribution < -0.4 is 0 Å². The Bertz CT molecular complexity index is 1360. The topological polar surface area (TPSA) is 101 Å². The number of nitrogens with zero attached hydrogens (tertiary/aromatic N) is 2. The predicted octanol–water partition coefficient (Wildman–Crippen LogP) is 5.13. The van der Waals surface area contributed by atoms with Gasteiger partial charge in [0.2, 0.25) is 0 Å². The van der Waals surface area contributed by atoms with Gasteiger partial charge >= 0.3 is 0 Å². The lowest BCUT2D eigenvalue weighted by Crippen LogP contribution is -2.47. The Balaban J connectivity index is 1.82. The summed E-state index contributed by atoms with van der Waals surface area (Å²) in [7, 11) is 0. The standard InChI is InChI=1S/C36H48N2O5/c1-26-16-19-32(33(42)37(20-22-39)35(2,3)4)28(24-26)17-18-30(41)25-27-12-10-11-15-31(27)34(43)38(21-23-40)36(5,6)29-13-8-7-9-14-29/h7-16,19,24,30,39-41H,17-18,20-23,25H2,1-6H3. The highest BCUT2D eigenvalue weighted by atomic mass is 16.3. The third-order valence-electron chi connectivity index (χ3n) is 8.04. The molecule has 7 nitrogen and oxygen atoms in total. The number of amides is 2. The molecule has 3 aromatic carbocycles. The molecule has 0 radical (unpaired) electrons. The lowest BCUT2D eigenvalue weighted by Gasteiger charge is -2.39. The first-order valence-corrected chi connectivity index (χ1v) is 15.1. The van der Waals surface area contributed by atoms with Crippen LogP contribution in [0.4, 0.5) is 0 Å². The molecule has 0 heterocycles. The van der Waals surface area contributed by atoms with E-state index in [0.717, 1.165) is 22.3 Å². The third-order valence-corrected chi connectivity index (χ3v) is 8.04. The minimum absolute atomic E-state index is 0.126. The van der Waals surface area contributed by atoms with Crippen molar-refractivity contribution in [2.75, 3.05) is 26.3 Å². The van der Waals surface area contributed by atoms with Crippen molar-refractivity contribution < 1.29 is 24.9 Å². The molecule has 0 aliphatic carbocycles. The average Bonchev–Trinajstić information content (AvgIpc) is 2.97. The number of aryl methyl sites for hydroxylation is 2. The number of aliphatic hydroxyl groups is 3. The fourth-order valence-electron chi connectivity index (χ4n) is 5.59. The van der Waals surface area contributed by atoms with E-state index in [2.05, 4.69) is 0 Å². The van der Waals surface area contributed by atoms with E-state index in [1.165, 1.54) is 0 Å². The average molecular weight is 589 g/mol. The van der Waals surface area contributed by atoms with Crippen LogP contribution in [0, 0.1) is 6.92 Å². The van der Waals surface area contributed by atoms with E-state index >= 15 is 0 Å². The van der Waals surface area contributed by atoms with Gasteiger partial charge in [0.15, 0.2) is 0 Å². The SMILES string of the molecule is Cc1ccc(C(=O)N(CCO)C(C)(C)C)c(CCC(O)Cc2ccccc2C(=O)N(CCO)C(C)(C)c2ccccc2)c1. The van der Waals surface area contributed by atoms with E-state index in [4.69, 9.17) is 0 Å². The van der Waals surface area contributed by atoms with Gasteiger partial charge in [-0.05, 0) is 89.6 Å². The quantitative estimate of drug-likeness (QED) is 0.257. The molecule has 0 fully saturated rings. The summed E-state index contributed by atoms with van der Waals surface area (Å²) >= 11 is 0. The van der Waals surface area contributed by atoms with E-state index in [0.29, 0.717) is 24.0 Å². The molecule has 1 atom stereocenters. The Morgan fingerprint density at radius 1 is 0.744 bits per heavy atom. The van der Waals surface area contributed by atoms with Gasteiger partial charge in [0.05, 0.1) is 24.9 Å². The van der Waals surface area contributed by atoms with Gasteiger partial charge in [-0.25, -0.2) is 0 Å². The number of aliphatic hydroxyl groups excluding tert-OH is 3. The van der Waals surface area contributed by atoms with E-state index < -0.39 is 17.2 Å². The van der Waals surface area contributed by atoms with Crippen LogP contribution >= 0.6 is 0 Å². The van der Waals surface area contributed by atoms with E-state index in [1.807, 2.05) is 108 Å². The van der Waals surface area contributed by atoms with Crippen LogP contribution in [0.5, 0.6) is 0 Å². The number of hydrogen-bond donors (Lipinski definition) is 3. The molecule has 0 spiro atoms. The second-order valence-corrected chi connectivity index (χ2v) is 12.7. The van der Waals surface area contributed by atoms with Crippen LogP contribution in [0.1, 0.15) is 84.0 Å². The van der Waals surface area contributed by atoms with Gasteiger partial charge in [0, 0.05) is 29.8 Å². The molecule has 0 saturated carbocycles. The molecule has 7 heteroatoms. The summed E-state index contributed by atoms with van der Waals surface area (Å²) in [5.74, 6) is -0.351. The number of rotatable bonds is 13. The van der Waals surface area contributed by atoms with Gasteiger partial charge in [0.1, 0.15) is 0 Å². The Kier molecular flexibility index (Phi) is 11.7. The molecular formula is C36H48N2O5. The van der Waals surface area contributed by atoms with Gasteiger partial charge in [-0.3, -0.25) is 9.59 Å². The van der Waals surface area contributed by atoms with Crippen molar-refractivity contribution in [3.63, 3.8) is 0 Å². The molecule has 3 N–H and O–H groups in total. The van der Waals surface area contributed by atoms with Crippen LogP contribution in [0.3, 0.4) is 0 Å². The van der Waals surface area contributed by atoms with Crippen molar-refractivity contribution in [3.05, 3.63) is 106 Å². The fourth-order valence-corrected chi connectivity index (χ4v) is 5.59. The molecule has 232 valence electrons. The van der Waals surface area contributed by atoms with Crippen molar-refractivity contribution in [3.8, 4) is 0 Å². The third kappa shape index (κ3) is 8.53. The second-order valence-electron chi connectivity index (χ2n) is 12.7. The highest BCUT2D eigenvalue weighted by molar-refractivity contribution is 5.97. The van der Waals surface area contributed by atoms with Crippen molar-refractivity contribution in [2.24, 2.45) is 0 Å². The monoisotopic (exact) mass is 588 g/mol. The first-order valence-electron chi connectivity index (χ1n) is 15.1. The molecule has 2 amide bonds. The number of carbonyl (C=O) groups excluding carboxylic acids is 2. The number of β-amino-alcohol motifs (C(OH)–C–C–N with tert-alkyl or cyclic N) is 1. The largest absolute Gasteiger partial charge is 0.395 e. The van der Waals surface area contributed by atoms with E-state index in [9.17, 15) is 24.9 Å². The predicted molar refractivity (Wildman–Crippen MR) is 171 cm³/mol. The molecule has 1 unspecified atom stereocenters. The van der Waals surface area contributed by atoms with Crippen LogP contribution in [0.2, 0.25) is 0 Å². The maximum absolute atomic E-state index is 14.0. The summed E-state index contributed by atoms with van der Waals surface area (Å²) in [6.45, 7) is 11.8. The summed E-state index contributed by atoms with van der Waals surface area (Å²) in [6.07, 6.45) is 0.405. The number of benzene rings is 3. The lowest BCUT2D eigenvalue weighted by atomic mass is 9.90. The van der Waals surface area contributed by atoms with Crippen molar-refractivity contribution in [2.45, 2.75) is 78.0 Å². The van der Waals surface area contributed by atoms with Gasteiger partial charge < -0.3 is 25.1 Å². The molecule has 43 heavy (non-hydrogen) atoms. The molecule has 0 saturated heterocycles. The van der Waals surface area contributed by atoms with E-state index in [-0.39, 0.29) is 44.5 Å². The maximum atomic E-state index is 14.0. The zero-order valence-electron chi connectivity index (χ0n) is 26.5. The van der Waals surface area contributed by atoms with Crippen LogP contribution in [0.25, 0.3) is 0 Å². The zero-order chi connectivity index (χ0) is 31.8. The summed E-state index contributed by atoms with van der Waals surface area (Å²) in [6, 6.07) is 22.8. The molecule has 0 aliphatic heterocycles. The Morgan fingerprint density at radius 3 is 1.93 bits per heavy atom. The first-order chi connectivity index (χ1) is 20.3. The van der Waals surface area contributed by atoms with E-state index in [1.54, 1.807) is 15.9 Å². The van der Waals surface area contributed by atoms with Crippen molar-refractivity contribution in [1.82, 2.24) is 9.80 Å². The molecule has 0 aliphatic rings. The Labute approximate surface area is 256 Å². The number of carbonyl (C=O) groups is 2. The minimum atomic E-state index is -0.748. The molecule has 3 aromatic rings. The van der Waals surface area contributed by atoms with Gasteiger partial charge in [-0.2, -0.15) is 0 Å². The molecule has 0 bridgehead atoms. The Morgan fingerprint density at radius 2 is 1.30 bits per heavy atom. The fraction of sp³-hybridized carbons (Fsp3) is 0.444. The first kappa shape index (κ1) is 34.0. The summed E-state index contributed by atoms with van der Waals surface area (Å²) in [4.78, 5) is 30.9. The highest BCUT2D eigenvalue weighted by Crippen LogP contribution is 2.30. The Hall–Kier alpha value is -3.52. The van der Waals surface area contributed by atoms with Crippen molar-refractivity contribution in [1.29, 1.82) is 0 Å². The van der Waals surface area contributed by atoms with Gasteiger partial charge in [-0.1, -0.05) is 66.2 Å². The summed E-state index contributed by atoms with van der Waals surface area (Å²) < 4.78 is 0. The van der Waals surface area contributed by atoms with Gasteiger partial charge in [-0.15, -0.1) is 0 Å². The van der Waals surface area contributed by atoms with Crippen LogP contribution in [-0.2, 0) is 18.4 Å². The number of hydrogen-bond acceptors (Lipinski definition) is 5. The summed E-state index contributed by atoms with van der Waals surface area (Å²) in [5.41, 5.74) is 3.49. The summed E-state index contributed by atoms with van der Waals surface area (Å²) in [5, 5.41) is 30.6. The highest BCUT2D eigenvalue weighted by Gasteiger charge is 2.34.